The number of nitrogens with two attached hydrogens (primary N) is 1. The lowest BCUT2D eigenvalue weighted by Crippen LogP contribution is -2.47. The molecule has 0 aliphatic heterocycles. The molecule has 0 saturated carbocycles. The first-order valence-corrected chi connectivity index (χ1v) is 2.20. The first kappa shape index (κ1) is 7.86. The Morgan fingerprint density at radius 1 is 1.33 bits per heavy atom. The molecule has 52 valence electrons. The Balaban J connectivity index is 3.60. The summed E-state index contributed by atoms with van der Waals surface area (Å²) in [5, 5.41) is 0. The standard InChI is InChI=1S/C3H8N4O2/c1-5-7-3(9)2(8)6-4/h5H,4H2,1H3,(H,6,8)(H,7,9). The average Bonchev–Trinajstić information content (AvgIpc) is 1.87. The van der Waals surface area contributed by atoms with Crippen LogP contribution in [0.2, 0.25) is 0 Å². The van der Waals surface area contributed by atoms with Gasteiger partial charge in [0.15, 0.2) is 0 Å². The smallest absolute Gasteiger partial charge is 0.286 e. The van der Waals surface area contributed by atoms with E-state index in [1.165, 1.54) is 7.05 Å². The van der Waals surface area contributed by atoms with Crippen LogP contribution in [0.3, 0.4) is 0 Å². The highest BCUT2D eigenvalue weighted by atomic mass is 16.2. The van der Waals surface area contributed by atoms with E-state index in [0.29, 0.717) is 0 Å². The number of carbonyl (C=O) groups is 2. The third-order valence-electron chi connectivity index (χ3n) is 0.576. The Bertz CT molecular complexity index is 123. The van der Waals surface area contributed by atoms with Gasteiger partial charge in [0, 0.05) is 7.05 Å². The van der Waals surface area contributed by atoms with Gasteiger partial charge < -0.3 is 0 Å². The topological polar surface area (TPSA) is 96.2 Å². The first-order chi connectivity index (χ1) is 4.22. The number of hydrazine groups is 2. The van der Waals surface area contributed by atoms with Crippen molar-refractivity contribution >= 4 is 11.8 Å². The number of hydrogen-bond acceptors (Lipinski definition) is 4. The van der Waals surface area contributed by atoms with E-state index >= 15 is 0 Å². The van der Waals surface area contributed by atoms with E-state index in [-0.39, 0.29) is 0 Å². The summed E-state index contributed by atoms with van der Waals surface area (Å²) in [6.07, 6.45) is 0. The molecule has 2 amide bonds. The van der Waals surface area contributed by atoms with Crippen molar-refractivity contribution in [3.63, 3.8) is 0 Å². The van der Waals surface area contributed by atoms with Gasteiger partial charge in [0.05, 0.1) is 0 Å². The summed E-state index contributed by atoms with van der Waals surface area (Å²) < 4.78 is 0. The average molecular weight is 132 g/mol. The van der Waals surface area contributed by atoms with E-state index < -0.39 is 11.8 Å². The molecule has 0 rings (SSSR count). The minimum atomic E-state index is -0.885. The lowest BCUT2D eigenvalue weighted by Gasteiger charge is -1.98. The van der Waals surface area contributed by atoms with Crippen molar-refractivity contribution in [2.75, 3.05) is 7.05 Å². The fourth-order valence-electron chi connectivity index (χ4n) is 0.236. The molecule has 0 aromatic heterocycles. The second-order valence-corrected chi connectivity index (χ2v) is 1.18. The zero-order chi connectivity index (χ0) is 7.28. The molecule has 0 aromatic rings. The maximum absolute atomic E-state index is 10.3. The van der Waals surface area contributed by atoms with Gasteiger partial charge in [-0.05, 0) is 0 Å². The van der Waals surface area contributed by atoms with Crippen LogP contribution in [0.5, 0.6) is 0 Å². The Labute approximate surface area is 51.7 Å². The van der Waals surface area contributed by atoms with E-state index in [1.54, 1.807) is 5.43 Å². The predicted octanol–water partition coefficient (Wildman–Crippen LogP) is -2.77. The summed E-state index contributed by atoms with van der Waals surface area (Å²) in [5.41, 5.74) is 5.94. The van der Waals surface area contributed by atoms with E-state index in [1.807, 2.05) is 5.43 Å². The van der Waals surface area contributed by atoms with Gasteiger partial charge in [0.1, 0.15) is 0 Å². The van der Waals surface area contributed by atoms with Crippen molar-refractivity contribution < 1.29 is 9.59 Å². The van der Waals surface area contributed by atoms with Crippen molar-refractivity contribution in [1.82, 2.24) is 16.3 Å². The largest absolute Gasteiger partial charge is 0.324 e. The number of carbonyl (C=O) groups excluding carboxylic acids is 2. The van der Waals surface area contributed by atoms with E-state index in [4.69, 9.17) is 0 Å². The molecule has 0 aliphatic carbocycles. The summed E-state index contributed by atoms with van der Waals surface area (Å²) in [5.74, 6) is 2.91. The summed E-state index contributed by atoms with van der Waals surface area (Å²) in [6, 6.07) is 0. The van der Waals surface area contributed by atoms with Gasteiger partial charge in [-0.2, -0.15) is 0 Å². The molecule has 0 fully saturated rings. The van der Waals surface area contributed by atoms with Gasteiger partial charge >= 0.3 is 11.8 Å². The molecule has 6 nitrogen and oxygen atoms in total. The minimum Gasteiger partial charge on any atom is -0.286 e. The second kappa shape index (κ2) is 3.81. The number of hydrogen-bond donors (Lipinski definition) is 4. The van der Waals surface area contributed by atoms with Crippen molar-refractivity contribution in [3.05, 3.63) is 0 Å². The Hall–Kier alpha value is -1.14. The van der Waals surface area contributed by atoms with Crippen molar-refractivity contribution in [2.45, 2.75) is 0 Å². The van der Waals surface area contributed by atoms with Crippen LogP contribution in [0.4, 0.5) is 0 Å². The molecule has 9 heavy (non-hydrogen) atoms. The molecule has 0 radical (unpaired) electrons. The SMILES string of the molecule is CNNC(=O)C(=O)NN. The Morgan fingerprint density at radius 2 is 1.89 bits per heavy atom. The van der Waals surface area contributed by atoms with E-state index in [9.17, 15) is 9.59 Å². The Morgan fingerprint density at radius 3 is 2.22 bits per heavy atom. The molecule has 0 saturated heterocycles. The number of nitrogens with one attached hydrogen (secondary N) is 3. The van der Waals surface area contributed by atoms with Crippen LogP contribution in [0.15, 0.2) is 0 Å². The number of amides is 2. The zero-order valence-electron chi connectivity index (χ0n) is 4.89. The fourth-order valence-corrected chi connectivity index (χ4v) is 0.236. The quantitative estimate of drug-likeness (QED) is 0.134. The number of rotatable bonds is 1. The van der Waals surface area contributed by atoms with Gasteiger partial charge in [-0.3, -0.25) is 20.4 Å². The van der Waals surface area contributed by atoms with Crippen molar-refractivity contribution in [2.24, 2.45) is 5.84 Å². The summed E-state index contributed by atoms with van der Waals surface area (Å²) in [6.45, 7) is 0. The lowest BCUT2D eigenvalue weighted by atomic mass is 10.6. The molecule has 0 heterocycles. The molecule has 6 heteroatoms. The molecule has 0 unspecified atom stereocenters. The molecule has 0 bridgehead atoms. The van der Waals surface area contributed by atoms with E-state index in [2.05, 4.69) is 11.3 Å². The van der Waals surface area contributed by atoms with Crippen LogP contribution in [-0.2, 0) is 9.59 Å². The molecule has 0 atom stereocenters. The van der Waals surface area contributed by atoms with Crippen molar-refractivity contribution in [3.8, 4) is 0 Å². The third-order valence-corrected chi connectivity index (χ3v) is 0.576. The van der Waals surface area contributed by atoms with Crippen LogP contribution < -0.4 is 22.1 Å². The van der Waals surface area contributed by atoms with Gasteiger partial charge in [-0.1, -0.05) is 0 Å². The highest BCUT2D eigenvalue weighted by molar-refractivity contribution is 6.34. The monoisotopic (exact) mass is 132 g/mol. The normalized spacial score (nSPS) is 8.22. The van der Waals surface area contributed by atoms with Crippen LogP contribution in [0.1, 0.15) is 0 Å². The summed E-state index contributed by atoms with van der Waals surface area (Å²) >= 11 is 0. The highest BCUT2D eigenvalue weighted by Gasteiger charge is 2.08. The maximum atomic E-state index is 10.3. The first-order valence-electron chi connectivity index (χ1n) is 2.20. The third kappa shape index (κ3) is 2.62. The Kier molecular flexibility index (Phi) is 3.33. The molecule has 0 aliphatic rings. The zero-order valence-corrected chi connectivity index (χ0v) is 4.89. The molecular weight excluding hydrogens is 124 g/mol. The second-order valence-electron chi connectivity index (χ2n) is 1.18. The molecule has 5 N–H and O–H groups in total. The summed E-state index contributed by atoms with van der Waals surface area (Å²) in [7, 11) is 1.46. The van der Waals surface area contributed by atoms with Crippen LogP contribution in [0, 0.1) is 0 Å². The van der Waals surface area contributed by atoms with Gasteiger partial charge in [-0.25, -0.2) is 11.3 Å². The van der Waals surface area contributed by atoms with Gasteiger partial charge in [0.2, 0.25) is 0 Å². The van der Waals surface area contributed by atoms with Crippen LogP contribution >= 0.6 is 0 Å². The van der Waals surface area contributed by atoms with Crippen LogP contribution in [-0.4, -0.2) is 18.9 Å². The lowest BCUT2D eigenvalue weighted by molar-refractivity contribution is -0.139. The maximum Gasteiger partial charge on any atom is 0.324 e. The fraction of sp³-hybridized carbons (Fsp3) is 0.333. The minimum absolute atomic E-state index is 0.819. The highest BCUT2D eigenvalue weighted by Crippen LogP contribution is 1.57. The summed E-state index contributed by atoms with van der Waals surface area (Å²) in [4.78, 5) is 20.5. The van der Waals surface area contributed by atoms with E-state index in [0.717, 1.165) is 0 Å². The van der Waals surface area contributed by atoms with Crippen LogP contribution in [0.25, 0.3) is 0 Å². The van der Waals surface area contributed by atoms with Crippen molar-refractivity contribution in [1.29, 1.82) is 0 Å². The molecule has 0 spiro atoms. The van der Waals surface area contributed by atoms with Gasteiger partial charge in [-0.15, -0.1) is 0 Å². The predicted molar refractivity (Wildman–Crippen MR) is 29.5 cm³/mol. The molecule has 0 aromatic carbocycles. The molecular formula is C3H8N4O2. The van der Waals surface area contributed by atoms with Gasteiger partial charge in [0.25, 0.3) is 0 Å².